The molecule has 0 fully saturated rings. The van der Waals surface area contributed by atoms with Crippen molar-refractivity contribution in [2.45, 2.75) is 4.90 Å². The summed E-state index contributed by atoms with van der Waals surface area (Å²) in [6.07, 6.45) is 4.18. The fourth-order valence-electron chi connectivity index (χ4n) is 2.07. The maximum Gasteiger partial charge on any atom is 0.211 e. The number of pyridine rings is 1. The predicted octanol–water partition coefficient (Wildman–Crippen LogP) is 2.76. The van der Waals surface area contributed by atoms with Gasteiger partial charge in [0.25, 0.3) is 0 Å². The summed E-state index contributed by atoms with van der Waals surface area (Å²) in [5.41, 5.74) is 3.50. The van der Waals surface area contributed by atoms with E-state index < -0.39 is 0 Å². The molecular weight excluding hydrogens is 272 g/mol. The summed E-state index contributed by atoms with van der Waals surface area (Å²) in [6.45, 7) is 0. The Morgan fingerprint density at radius 3 is 2.75 bits per heavy atom. The molecule has 20 heavy (non-hydrogen) atoms. The molecule has 2 heterocycles. The number of aromatic amines is 1. The van der Waals surface area contributed by atoms with Crippen molar-refractivity contribution in [3.63, 3.8) is 0 Å². The number of hydrogen-bond donors (Lipinski definition) is 3. The molecule has 5 nitrogen and oxygen atoms in total. The van der Waals surface area contributed by atoms with Gasteiger partial charge < -0.3 is 10.3 Å². The van der Waals surface area contributed by atoms with E-state index in [0.29, 0.717) is 6.41 Å². The van der Waals surface area contributed by atoms with Gasteiger partial charge in [-0.1, -0.05) is 12.1 Å². The van der Waals surface area contributed by atoms with Crippen molar-refractivity contribution >= 4 is 35.1 Å². The van der Waals surface area contributed by atoms with Gasteiger partial charge in [0.05, 0.1) is 5.69 Å². The molecule has 0 spiro atoms. The molecule has 0 radical (unpaired) electrons. The van der Waals surface area contributed by atoms with E-state index in [1.807, 2.05) is 30.3 Å². The lowest BCUT2D eigenvalue weighted by molar-refractivity contribution is -0.105. The van der Waals surface area contributed by atoms with Crippen molar-refractivity contribution in [3.05, 3.63) is 42.7 Å². The number of fused-ring (bicyclic) bond motifs is 1. The van der Waals surface area contributed by atoms with Crippen molar-refractivity contribution in [2.75, 3.05) is 5.32 Å². The minimum absolute atomic E-state index is 0.655. The number of nitrogens with zero attached hydrogens (tertiary/aromatic N) is 1. The Hall–Kier alpha value is -2.31. The van der Waals surface area contributed by atoms with Gasteiger partial charge in [0.15, 0.2) is 0 Å². The zero-order chi connectivity index (χ0) is 13.9. The molecule has 1 amide bonds. The van der Waals surface area contributed by atoms with Crippen LogP contribution in [-0.4, -0.2) is 16.4 Å². The Labute approximate surface area is 119 Å². The van der Waals surface area contributed by atoms with Crippen molar-refractivity contribution in [1.82, 2.24) is 9.97 Å². The monoisotopic (exact) mass is 284 g/mol. The number of aromatic nitrogens is 2. The number of H-pyrrole nitrogens is 1. The summed E-state index contributed by atoms with van der Waals surface area (Å²) >= 11 is 1.22. The molecule has 0 atom stereocenters. The second-order valence-electron chi connectivity index (χ2n) is 4.23. The van der Waals surface area contributed by atoms with E-state index >= 15 is 0 Å². The smallest absolute Gasteiger partial charge is 0.211 e. The lowest BCUT2D eigenvalue weighted by atomic mass is 10.1. The van der Waals surface area contributed by atoms with Crippen LogP contribution in [0.25, 0.3) is 22.2 Å². The Balaban J connectivity index is 2.06. The first-order chi connectivity index (χ1) is 9.81. The van der Waals surface area contributed by atoms with E-state index in [2.05, 4.69) is 15.3 Å². The highest BCUT2D eigenvalue weighted by Crippen LogP contribution is 2.28. The van der Waals surface area contributed by atoms with Gasteiger partial charge in [0, 0.05) is 28.2 Å². The van der Waals surface area contributed by atoms with E-state index in [1.165, 1.54) is 11.9 Å². The molecule has 6 heteroatoms. The zero-order valence-electron chi connectivity index (χ0n) is 10.5. The topological polar surface area (TPSA) is 83.8 Å². The summed E-state index contributed by atoms with van der Waals surface area (Å²) in [4.78, 5) is 19.0. The first-order valence-electron chi connectivity index (χ1n) is 5.96. The van der Waals surface area contributed by atoms with Gasteiger partial charge in [-0.05, 0) is 35.7 Å². The highest BCUT2D eigenvalue weighted by Gasteiger charge is 2.06. The van der Waals surface area contributed by atoms with E-state index in [4.69, 9.17) is 5.14 Å². The van der Waals surface area contributed by atoms with Gasteiger partial charge >= 0.3 is 0 Å². The third-order valence-corrected chi connectivity index (χ3v) is 3.61. The fraction of sp³-hybridized carbons (Fsp3) is 0. The van der Waals surface area contributed by atoms with Gasteiger partial charge in [-0.3, -0.25) is 9.93 Å². The Morgan fingerprint density at radius 2 is 2.05 bits per heavy atom. The highest BCUT2D eigenvalue weighted by atomic mass is 32.2. The molecule has 3 aromatic rings. The van der Waals surface area contributed by atoms with Crippen molar-refractivity contribution in [3.8, 4) is 11.1 Å². The third-order valence-electron chi connectivity index (χ3n) is 3.07. The number of carbonyl (C=O) groups is 1. The highest BCUT2D eigenvalue weighted by molar-refractivity contribution is 7.97. The van der Waals surface area contributed by atoms with Gasteiger partial charge in [0.1, 0.15) is 5.65 Å². The second kappa shape index (κ2) is 5.36. The first kappa shape index (κ1) is 12.7. The van der Waals surface area contributed by atoms with Crippen LogP contribution in [0.2, 0.25) is 0 Å². The summed E-state index contributed by atoms with van der Waals surface area (Å²) in [5.74, 6) is 0. The van der Waals surface area contributed by atoms with E-state index in [1.54, 1.807) is 12.4 Å². The summed E-state index contributed by atoms with van der Waals surface area (Å²) in [5, 5.41) is 9.05. The lowest BCUT2D eigenvalue weighted by Crippen LogP contribution is -1.92. The van der Waals surface area contributed by atoms with Crippen LogP contribution in [-0.2, 0) is 4.79 Å². The quantitative estimate of drug-likeness (QED) is 0.508. The number of nitrogens with one attached hydrogen (secondary N) is 2. The fourth-order valence-corrected chi connectivity index (χ4v) is 2.36. The molecule has 4 N–H and O–H groups in total. The molecule has 0 unspecified atom stereocenters. The van der Waals surface area contributed by atoms with Crippen LogP contribution >= 0.6 is 11.9 Å². The standard InChI is InChI=1S/C14H12N4OS/c15-20-11-3-1-9(2-4-11)10-5-12-13(18-8-19)7-17-14(12)16-6-10/h1-8H,15H2,(H,16,17)(H,18,19). The summed E-state index contributed by atoms with van der Waals surface area (Å²) in [6, 6.07) is 9.92. The van der Waals surface area contributed by atoms with Crippen molar-refractivity contribution < 1.29 is 4.79 Å². The maximum atomic E-state index is 10.6. The van der Waals surface area contributed by atoms with Gasteiger partial charge in [0.2, 0.25) is 6.41 Å². The van der Waals surface area contributed by atoms with Crippen LogP contribution in [0, 0.1) is 0 Å². The summed E-state index contributed by atoms with van der Waals surface area (Å²) in [7, 11) is 0. The molecule has 1 aromatic carbocycles. The number of hydrogen-bond acceptors (Lipinski definition) is 4. The van der Waals surface area contributed by atoms with Crippen LogP contribution in [0.4, 0.5) is 5.69 Å². The molecule has 0 aliphatic rings. The first-order valence-corrected chi connectivity index (χ1v) is 6.84. The molecule has 2 aromatic heterocycles. The number of benzene rings is 1. The molecule has 0 aliphatic carbocycles. The number of carbonyl (C=O) groups excluding carboxylic acids is 1. The number of rotatable bonds is 4. The van der Waals surface area contributed by atoms with Crippen molar-refractivity contribution in [2.24, 2.45) is 5.14 Å². The maximum absolute atomic E-state index is 10.6. The largest absolute Gasteiger partial charge is 0.344 e. The van der Waals surface area contributed by atoms with Crippen LogP contribution in [0.3, 0.4) is 0 Å². The Kier molecular flexibility index (Phi) is 3.41. The van der Waals surface area contributed by atoms with Gasteiger partial charge in [-0.25, -0.2) is 4.98 Å². The third kappa shape index (κ3) is 2.26. The minimum Gasteiger partial charge on any atom is -0.344 e. The molecule has 0 bridgehead atoms. The average molecular weight is 284 g/mol. The van der Waals surface area contributed by atoms with Crippen LogP contribution in [0.1, 0.15) is 0 Å². The van der Waals surface area contributed by atoms with E-state index in [0.717, 1.165) is 32.7 Å². The molecular formula is C14H12N4OS. The average Bonchev–Trinajstić information content (AvgIpc) is 2.90. The molecule has 100 valence electrons. The SMILES string of the molecule is NSc1ccc(-c2cnc3[nH]cc(NC=O)c3c2)cc1. The molecule has 0 aliphatic heterocycles. The van der Waals surface area contributed by atoms with E-state index in [9.17, 15) is 4.79 Å². The number of amides is 1. The normalized spacial score (nSPS) is 10.7. The Bertz CT molecular complexity index is 751. The zero-order valence-corrected chi connectivity index (χ0v) is 11.3. The molecule has 3 rings (SSSR count). The molecule has 0 saturated heterocycles. The molecule has 0 saturated carbocycles. The van der Waals surface area contributed by atoms with Crippen LogP contribution in [0.5, 0.6) is 0 Å². The van der Waals surface area contributed by atoms with Crippen molar-refractivity contribution in [1.29, 1.82) is 0 Å². The van der Waals surface area contributed by atoms with Crippen LogP contribution in [0.15, 0.2) is 47.6 Å². The second-order valence-corrected chi connectivity index (χ2v) is 4.93. The van der Waals surface area contributed by atoms with Gasteiger partial charge in [-0.15, -0.1) is 0 Å². The van der Waals surface area contributed by atoms with Gasteiger partial charge in [-0.2, -0.15) is 0 Å². The van der Waals surface area contributed by atoms with Crippen LogP contribution < -0.4 is 10.5 Å². The predicted molar refractivity (Wildman–Crippen MR) is 81.3 cm³/mol. The number of nitrogens with two attached hydrogens (primary N) is 1. The summed E-state index contributed by atoms with van der Waals surface area (Å²) < 4.78 is 0. The Morgan fingerprint density at radius 1 is 1.25 bits per heavy atom. The lowest BCUT2D eigenvalue weighted by Gasteiger charge is -2.03. The minimum atomic E-state index is 0.655. The van der Waals surface area contributed by atoms with E-state index in [-0.39, 0.29) is 0 Å². The number of anilines is 1.